The van der Waals surface area contributed by atoms with Crippen molar-refractivity contribution in [3.05, 3.63) is 0 Å². The summed E-state index contributed by atoms with van der Waals surface area (Å²) < 4.78 is 5.19. The van der Waals surface area contributed by atoms with Crippen LogP contribution in [0, 0.1) is 11.8 Å². The van der Waals surface area contributed by atoms with Crippen molar-refractivity contribution in [3.63, 3.8) is 0 Å². The van der Waals surface area contributed by atoms with Gasteiger partial charge in [0.2, 0.25) is 0 Å². The maximum Gasteiger partial charge on any atom is 0.0698 e. The lowest BCUT2D eigenvalue weighted by molar-refractivity contribution is 0.0918. The van der Waals surface area contributed by atoms with Crippen molar-refractivity contribution in [1.29, 1.82) is 0 Å². The zero-order valence-electron chi connectivity index (χ0n) is 9.33. The van der Waals surface area contributed by atoms with Gasteiger partial charge in [-0.2, -0.15) is 0 Å². The molecule has 1 fully saturated rings. The van der Waals surface area contributed by atoms with Crippen molar-refractivity contribution in [2.45, 2.75) is 32.7 Å². The van der Waals surface area contributed by atoms with E-state index in [2.05, 4.69) is 19.2 Å². The molecule has 1 saturated carbocycles. The van der Waals surface area contributed by atoms with E-state index in [0.717, 1.165) is 18.4 Å². The molecule has 0 spiro atoms. The van der Waals surface area contributed by atoms with Gasteiger partial charge in [-0.3, -0.25) is 0 Å². The van der Waals surface area contributed by atoms with E-state index in [1.165, 1.54) is 12.8 Å². The molecule has 0 aliphatic heterocycles. The van der Waals surface area contributed by atoms with Gasteiger partial charge in [-0.25, -0.2) is 0 Å². The summed E-state index contributed by atoms with van der Waals surface area (Å²) >= 11 is 0. The van der Waals surface area contributed by atoms with Crippen molar-refractivity contribution in [2.24, 2.45) is 11.8 Å². The van der Waals surface area contributed by atoms with Gasteiger partial charge in [0.05, 0.1) is 19.8 Å². The molecule has 14 heavy (non-hydrogen) atoms. The normalized spacial score (nSPS) is 32.4. The Kier molecular flexibility index (Phi) is 5.45. The molecule has 0 saturated heterocycles. The Bertz CT molecular complexity index is 152. The highest BCUT2D eigenvalue weighted by Gasteiger charge is 2.28. The summed E-state index contributed by atoms with van der Waals surface area (Å²) in [6, 6.07) is 0.669. The molecule has 3 nitrogen and oxygen atoms in total. The van der Waals surface area contributed by atoms with Gasteiger partial charge in [-0.1, -0.05) is 13.8 Å². The summed E-state index contributed by atoms with van der Waals surface area (Å²) in [5.74, 6) is 1.64. The third-order valence-electron chi connectivity index (χ3n) is 3.35. The van der Waals surface area contributed by atoms with E-state index in [0.29, 0.717) is 19.3 Å². The van der Waals surface area contributed by atoms with Crippen molar-refractivity contribution >= 4 is 0 Å². The highest BCUT2D eigenvalue weighted by Crippen LogP contribution is 2.30. The minimum Gasteiger partial charge on any atom is -0.394 e. The second kappa shape index (κ2) is 6.38. The Morgan fingerprint density at radius 2 is 2.07 bits per heavy atom. The third kappa shape index (κ3) is 3.56. The summed E-state index contributed by atoms with van der Waals surface area (Å²) in [6.45, 7) is 6.84. The third-order valence-corrected chi connectivity index (χ3v) is 3.35. The lowest BCUT2D eigenvalue weighted by Gasteiger charge is -2.19. The van der Waals surface area contributed by atoms with Gasteiger partial charge in [-0.05, 0) is 24.7 Å². The number of aliphatic hydroxyl groups excluding tert-OH is 1. The molecule has 0 radical (unpaired) electrons. The first-order valence-corrected chi connectivity index (χ1v) is 5.67. The Labute approximate surface area is 86.8 Å². The fourth-order valence-electron chi connectivity index (χ4n) is 2.14. The molecule has 1 rings (SSSR count). The quantitative estimate of drug-likeness (QED) is 0.630. The van der Waals surface area contributed by atoms with Gasteiger partial charge >= 0.3 is 0 Å². The van der Waals surface area contributed by atoms with Gasteiger partial charge in [0, 0.05) is 12.6 Å². The standard InChI is InChI=1S/C11H23NO2/c1-9-3-4-11(10(9)2)12-5-7-14-8-6-13/h9-13H,3-8H2,1-2H3. The minimum absolute atomic E-state index is 0.122. The number of nitrogens with one attached hydrogen (secondary N) is 1. The summed E-state index contributed by atoms with van der Waals surface area (Å²) in [4.78, 5) is 0. The van der Waals surface area contributed by atoms with E-state index in [1.807, 2.05) is 0 Å². The maximum absolute atomic E-state index is 8.51. The van der Waals surface area contributed by atoms with Crippen LogP contribution in [0.3, 0.4) is 0 Å². The molecular weight excluding hydrogens is 178 g/mol. The monoisotopic (exact) mass is 201 g/mol. The van der Waals surface area contributed by atoms with E-state index < -0.39 is 0 Å². The van der Waals surface area contributed by atoms with Crippen LogP contribution in [0.2, 0.25) is 0 Å². The molecule has 0 aromatic rings. The Morgan fingerprint density at radius 3 is 2.64 bits per heavy atom. The highest BCUT2D eigenvalue weighted by atomic mass is 16.5. The number of hydrogen-bond acceptors (Lipinski definition) is 3. The second-order valence-electron chi connectivity index (χ2n) is 4.31. The van der Waals surface area contributed by atoms with Crippen LogP contribution in [-0.4, -0.2) is 37.5 Å². The number of ether oxygens (including phenoxy) is 1. The maximum atomic E-state index is 8.51. The summed E-state index contributed by atoms with van der Waals surface area (Å²) in [6.07, 6.45) is 2.64. The molecule has 1 aliphatic carbocycles. The van der Waals surface area contributed by atoms with Crippen molar-refractivity contribution in [3.8, 4) is 0 Å². The molecule has 0 aromatic carbocycles. The van der Waals surface area contributed by atoms with Crippen LogP contribution in [-0.2, 0) is 4.74 Å². The number of aliphatic hydroxyl groups is 1. The SMILES string of the molecule is CC1CCC(NCCOCCO)C1C. The van der Waals surface area contributed by atoms with E-state index in [4.69, 9.17) is 9.84 Å². The second-order valence-corrected chi connectivity index (χ2v) is 4.31. The first kappa shape index (κ1) is 12.0. The summed E-state index contributed by atoms with van der Waals surface area (Å²) in [5, 5.41) is 12.0. The molecular formula is C11H23NO2. The molecule has 0 heterocycles. The van der Waals surface area contributed by atoms with E-state index in [9.17, 15) is 0 Å². The zero-order chi connectivity index (χ0) is 10.4. The van der Waals surface area contributed by atoms with Gasteiger partial charge in [-0.15, -0.1) is 0 Å². The summed E-state index contributed by atoms with van der Waals surface area (Å²) in [7, 11) is 0. The molecule has 0 amide bonds. The molecule has 1 aliphatic rings. The van der Waals surface area contributed by atoms with Gasteiger partial charge < -0.3 is 15.2 Å². The largest absolute Gasteiger partial charge is 0.394 e. The average molecular weight is 201 g/mol. The van der Waals surface area contributed by atoms with Gasteiger partial charge in [0.25, 0.3) is 0 Å². The molecule has 0 aromatic heterocycles. The first-order valence-electron chi connectivity index (χ1n) is 5.67. The number of hydrogen-bond donors (Lipinski definition) is 2. The average Bonchev–Trinajstić information content (AvgIpc) is 2.49. The Morgan fingerprint density at radius 1 is 1.29 bits per heavy atom. The van der Waals surface area contributed by atoms with Crippen LogP contribution in [0.25, 0.3) is 0 Å². The van der Waals surface area contributed by atoms with E-state index in [1.54, 1.807) is 0 Å². The van der Waals surface area contributed by atoms with Crippen LogP contribution in [0.5, 0.6) is 0 Å². The van der Waals surface area contributed by atoms with Crippen LogP contribution in [0.15, 0.2) is 0 Å². The lowest BCUT2D eigenvalue weighted by Crippen LogP contribution is -2.34. The van der Waals surface area contributed by atoms with Crippen molar-refractivity contribution in [1.82, 2.24) is 5.32 Å². The lowest BCUT2D eigenvalue weighted by atomic mass is 9.98. The van der Waals surface area contributed by atoms with Gasteiger partial charge in [0.15, 0.2) is 0 Å². The zero-order valence-corrected chi connectivity index (χ0v) is 9.33. The first-order chi connectivity index (χ1) is 6.75. The highest BCUT2D eigenvalue weighted by molar-refractivity contribution is 4.84. The summed E-state index contributed by atoms with van der Waals surface area (Å²) in [5.41, 5.74) is 0. The van der Waals surface area contributed by atoms with Crippen molar-refractivity contribution < 1.29 is 9.84 Å². The molecule has 3 unspecified atom stereocenters. The van der Waals surface area contributed by atoms with E-state index >= 15 is 0 Å². The van der Waals surface area contributed by atoms with Crippen LogP contribution in [0.4, 0.5) is 0 Å². The predicted molar refractivity (Wildman–Crippen MR) is 57.3 cm³/mol. The molecule has 0 bridgehead atoms. The minimum atomic E-state index is 0.122. The van der Waals surface area contributed by atoms with E-state index in [-0.39, 0.29) is 6.61 Å². The number of rotatable bonds is 6. The van der Waals surface area contributed by atoms with Crippen LogP contribution < -0.4 is 5.32 Å². The molecule has 84 valence electrons. The predicted octanol–water partition coefficient (Wildman–Crippen LogP) is 1.02. The Hall–Kier alpha value is -0.120. The fraction of sp³-hybridized carbons (Fsp3) is 1.00. The van der Waals surface area contributed by atoms with Crippen molar-refractivity contribution in [2.75, 3.05) is 26.4 Å². The Balaban J connectivity index is 2.01. The molecule has 3 atom stereocenters. The fourth-order valence-corrected chi connectivity index (χ4v) is 2.14. The molecule has 3 heteroatoms. The van der Waals surface area contributed by atoms with Gasteiger partial charge in [0.1, 0.15) is 0 Å². The van der Waals surface area contributed by atoms with Crippen LogP contribution in [0.1, 0.15) is 26.7 Å². The topological polar surface area (TPSA) is 41.5 Å². The smallest absolute Gasteiger partial charge is 0.0698 e. The molecule has 2 N–H and O–H groups in total. The van der Waals surface area contributed by atoms with Crippen LogP contribution >= 0.6 is 0 Å².